The van der Waals surface area contributed by atoms with Crippen LogP contribution in [0.25, 0.3) is 10.8 Å². The summed E-state index contributed by atoms with van der Waals surface area (Å²) in [5, 5.41) is 5.67. The molecule has 4 heteroatoms. The molecule has 0 aromatic heterocycles. The number of benzene rings is 3. The van der Waals surface area contributed by atoms with Gasteiger partial charge in [0.05, 0.1) is 33.8 Å². The molecule has 2 aliphatic rings. The maximum atomic E-state index is 13.3. The van der Waals surface area contributed by atoms with Crippen molar-refractivity contribution >= 4 is 16.7 Å². The molecular weight excluding hydrogens is 432 g/mol. The smallest absolute Gasteiger partial charge is 0.251 e. The fourth-order valence-corrected chi connectivity index (χ4v) is 6.68. The van der Waals surface area contributed by atoms with Crippen molar-refractivity contribution in [3.8, 4) is 5.75 Å². The summed E-state index contributed by atoms with van der Waals surface area (Å²) in [4.78, 5) is 13.3. The monoisotopic (exact) mass is 469 g/mol. The number of carbonyl (C=O) groups is 1. The number of ether oxygens (including phenoxy) is 1. The first-order valence-corrected chi connectivity index (χ1v) is 12.8. The highest BCUT2D eigenvalue weighted by Gasteiger charge is 2.52. The molecular formula is C31H37N2O2+. The van der Waals surface area contributed by atoms with Crippen molar-refractivity contribution in [2.24, 2.45) is 5.92 Å². The standard InChI is InChI=1S/C31H36N2O2/c1-4-17-33(2)18-16-31(26-10-7-11-29(20-26)35-3)21-28(15-14-27(31)22-33)32-30(34)25-13-12-23-8-5-6-9-24(23)19-25/h4-13,19-20,27-28H,1,14-18,21-22H2,2-3H3/p+1/t27?,28-,31+,33+/m1/s1. The zero-order valence-corrected chi connectivity index (χ0v) is 21.0. The molecule has 0 bridgehead atoms. The van der Waals surface area contributed by atoms with E-state index < -0.39 is 0 Å². The number of carbonyl (C=O) groups excluding carboxylic acids is 1. The molecule has 4 atom stereocenters. The van der Waals surface area contributed by atoms with Crippen LogP contribution in [-0.2, 0) is 5.41 Å². The Balaban J connectivity index is 1.41. The lowest BCUT2D eigenvalue weighted by atomic mass is 9.57. The predicted molar refractivity (Wildman–Crippen MR) is 143 cm³/mol. The normalized spacial score (nSPS) is 28.2. The summed E-state index contributed by atoms with van der Waals surface area (Å²) < 4.78 is 6.65. The molecule has 1 saturated heterocycles. The highest BCUT2D eigenvalue weighted by molar-refractivity contribution is 5.98. The summed E-state index contributed by atoms with van der Waals surface area (Å²) in [6.07, 6.45) is 6.28. The highest BCUT2D eigenvalue weighted by Crippen LogP contribution is 2.50. The van der Waals surface area contributed by atoms with Crippen LogP contribution in [0.1, 0.15) is 41.6 Å². The number of rotatable bonds is 6. The molecule has 4 nitrogen and oxygen atoms in total. The first-order valence-electron chi connectivity index (χ1n) is 12.8. The first kappa shape index (κ1) is 23.6. The van der Waals surface area contributed by atoms with Gasteiger partial charge in [-0.2, -0.15) is 0 Å². The summed E-state index contributed by atoms with van der Waals surface area (Å²) in [5.41, 5.74) is 2.14. The minimum atomic E-state index is 0.0306. The molecule has 1 saturated carbocycles. The Morgan fingerprint density at radius 2 is 1.94 bits per heavy atom. The van der Waals surface area contributed by atoms with Gasteiger partial charge in [0, 0.05) is 29.4 Å². The van der Waals surface area contributed by atoms with E-state index in [9.17, 15) is 4.79 Å². The molecule has 1 aliphatic carbocycles. The van der Waals surface area contributed by atoms with Gasteiger partial charge in [-0.1, -0.05) is 49.0 Å². The quantitative estimate of drug-likeness (QED) is 0.370. The summed E-state index contributed by atoms with van der Waals surface area (Å²) in [6.45, 7) is 7.29. The number of methoxy groups -OCH3 is 1. The van der Waals surface area contributed by atoms with E-state index in [1.165, 1.54) is 5.56 Å². The fraction of sp³-hybridized carbons (Fsp3) is 0.387. The summed E-state index contributed by atoms with van der Waals surface area (Å²) in [7, 11) is 4.10. The summed E-state index contributed by atoms with van der Waals surface area (Å²) in [6, 6.07) is 23.0. The number of hydrogen-bond donors (Lipinski definition) is 1. The van der Waals surface area contributed by atoms with E-state index in [-0.39, 0.29) is 17.4 Å². The van der Waals surface area contributed by atoms with E-state index in [2.05, 4.69) is 55.4 Å². The Bertz CT molecular complexity index is 1240. The third-order valence-corrected chi connectivity index (χ3v) is 8.58. The SMILES string of the molecule is C=CC[N@@+]1(C)CC[C@@]2(c3cccc(OC)c3)C[C@H](NC(=O)c3ccc4ccccc4c3)CCC2C1. The van der Waals surface area contributed by atoms with Gasteiger partial charge in [-0.15, -0.1) is 0 Å². The average Bonchev–Trinajstić information content (AvgIpc) is 2.88. The Kier molecular flexibility index (Phi) is 6.41. The van der Waals surface area contributed by atoms with Crippen molar-refractivity contribution < 1.29 is 14.0 Å². The molecule has 182 valence electrons. The van der Waals surface area contributed by atoms with Gasteiger partial charge >= 0.3 is 0 Å². The van der Waals surface area contributed by atoms with Crippen LogP contribution in [0.4, 0.5) is 0 Å². The Labute approximate surface area is 209 Å². The topological polar surface area (TPSA) is 38.3 Å². The number of quaternary nitrogens is 1. The maximum Gasteiger partial charge on any atom is 0.251 e. The van der Waals surface area contributed by atoms with Gasteiger partial charge in [0.2, 0.25) is 0 Å². The van der Waals surface area contributed by atoms with Gasteiger partial charge < -0.3 is 14.5 Å². The number of likely N-dealkylation sites (N-methyl/N-ethyl adjacent to an activating group) is 1. The van der Waals surface area contributed by atoms with Gasteiger partial charge in [0.25, 0.3) is 5.91 Å². The minimum Gasteiger partial charge on any atom is -0.497 e. The van der Waals surface area contributed by atoms with E-state index in [0.29, 0.717) is 5.92 Å². The second-order valence-corrected chi connectivity index (χ2v) is 10.8. The zero-order valence-electron chi connectivity index (χ0n) is 21.0. The van der Waals surface area contributed by atoms with Crippen molar-refractivity contribution in [3.63, 3.8) is 0 Å². The molecule has 1 unspecified atom stereocenters. The molecule has 0 spiro atoms. The van der Waals surface area contributed by atoms with E-state index in [0.717, 1.165) is 71.9 Å². The lowest BCUT2D eigenvalue weighted by Crippen LogP contribution is -2.62. The van der Waals surface area contributed by atoms with E-state index in [1.54, 1.807) is 7.11 Å². The molecule has 5 rings (SSSR count). The lowest BCUT2D eigenvalue weighted by Gasteiger charge is -2.55. The van der Waals surface area contributed by atoms with Crippen LogP contribution in [0.2, 0.25) is 0 Å². The Morgan fingerprint density at radius 3 is 2.74 bits per heavy atom. The minimum absolute atomic E-state index is 0.0306. The second kappa shape index (κ2) is 9.50. The molecule has 35 heavy (non-hydrogen) atoms. The van der Waals surface area contributed by atoms with Crippen LogP contribution in [0.3, 0.4) is 0 Å². The first-order chi connectivity index (χ1) is 16.9. The number of amides is 1. The third kappa shape index (κ3) is 4.60. The molecule has 3 aromatic rings. The number of fused-ring (bicyclic) bond motifs is 2. The van der Waals surface area contributed by atoms with Gasteiger partial charge in [0.15, 0.2) is 0 Å². The number of nitrogens with zero attached hydrogens (tertiary/aromatic N) is 1. The van der Waals surface area contributed by atoms with Gasteiger partial charge in [-0.05, 0) is 65.9 Å². The van der Waals surface area contributed by atoms with E-state index in [4.69, 9.17) is 4.74 Å². The largest absolute Gasteiger partial charge is 0.497 e. The molecule has 1 heterocycles. The summed E-state index contributed by atoms with van der Waals surface area (Å²) in [5.74, 6) is 1.51. The fourth-order valence-electron chi connectivity index (χ4n) is 6.68. The van der Waals surface area contributed by atoms with Gasteiger partial charge in [0.1, 0.15) is 5.75 Å². The van der Waals surface area contributed by atoms with E-state index >= 15 is 0 Å². The van der Waals surface area contributed by atoms with Gasteiger partial charge in [-0.25, -0.2) is 0 Å². The van der Waals surface area contributed by atoms with Crippen molar-refractivity contribution in [1.82, 2.24) is 5.32 Å². The number of piperidine rings is 1. The number of nitrogens with one attached hydrogen (secondary N) is 1. The van der Waals surface area contributed by atoms with Crippen LogP contribution in [0.15, 0.2) is 79.4 Å². The van der Waals surface area contributed by atoms with Crippen molar-refractivity contribution in [1.29, 1.82) is 0 Å². The molecule has 1 aliphatic heterocycles. The van der Waals surface area contributed by atoms with Gasteiger partial charge in [-0.3, -0.25) is 4.79 Å². The predicted octanol–water partition coefficient (Wildman–Crippen LogP) is 5.72. The molecule has 1 amide bonds. The number of hydrogen-bond acceptors (Lipinski definition) is 2. The van der Waals surface area contributed by atoms with Crippen LogP contribution >= 0.6 is 0 Å². The summed E-state index contributed by atoms with van der Waals surface area (Å²) >= 11 is 0. The van der Waals surface area contributed by atoms with E-state index in [1.807, 2.05) is 36.4 Å². The number of likely N-dealkylation sites (tertiary alicyclic amines) is 1. The van der Waals surface area contributed by atoms with Crippen LogP contribution in [0.5, 0.6) is 5.75 Å². The van der Waals surface area contributed by atoms with Crippen LogP contribution in [-0.4, -0.2) is 50.2 Å². The molecule has 3 aromatic carbocycles. The average molecular weight is 470 g/mol. The lowest BCUT2D eigenvalue weighted by molar-refractivity contribution is -0.914. The molecule has 0 radical (unpaired) electrons. The maximum absolute atomic E-state index is 13.3. The molecule has 1 N–H and O–H groups in total. The third-order valence-electron chi connectivity index (χ3n) is 8.58. The highest BCUT2D eigenvalue weighted by atomic mass is 16.5. The van der Waals surface area contributed by atoms with Crippen molar-refractivity contribution in [2.45, 2.75) is 37.1 Å². The van der Waals surface area contributed by atoms with Crippen molar-refractivity contribution in [2.75, 3.05) is 33.8 Å². The second-order valence-electron chi connectivity index (χ2n) is 10.8. The van der Waals surface area contributed by atoms with Crippen LogP contribution in [0, 0.1) is 5.92 Å². The molecule has 2 fully saturated rings. The zero-order chi connectivity index (χ0) is 24.5. The Hall–Kier alpha value is -3.11. The van der Waals surface area contributed by atoms with Crippen molar-refractivity contribution in [3.05, 3.63) is 90.5 Å². The Morgan fingerprint density at radius 1 is 1.11 bits per heavy atom. The van der Waals surface area contributed by atoms with Crippen LogP contribution < -0.4 is 10.1 Å².